The van der Waals surface area contributed by atoms with Crippen LogP contribution in [0.25, 0.3) is 11.1 Å². The van der Waals surface area contributed by atoms with Crippen LogP contribution in [-0.2, 0) is 11.3 Å². The Balaban J connectivity index is 1.46. The van der Waals surface area contributed by atoms with Crippen molar-refractivity contribution in [2.45, 2.75) is 19.1 Å². The van der Waals surface area contributed by atoms with Crippen LogP contribution in [0.1, 0.15) is 12.0 Å². The van der Waals surface area contributed by atoms with Crippen molar-refractivity contribution in [3.63, 3.8) is 0 Å². The lowest BCUT2D eigenvalue weighted by molar-refractivity contribution is -0.130. The first-order chi connectivity index (χ1) is 15.5. The number of rotatable bonds is 7. The molecule has 2 atom stereocenters. The zero-order valence-corrected chi connectivity index (χ0v) is 17.8. The average Bonchev–Trinajstić information content (AvgIpc) is 3.26. The number of nitrogens with two attached hydrogens (primary N) is 1. The highest BCUT2D eigenvalue weighted by molar-refractivity contribution is 5.87. The summed E-state index contributed by atoms with van der Waals surface area (Å²) in [5.74, 6) is 0.768. The number of piperidine rings is 1. The zero-order chi connectivity index (χ0) is 22.5. The molecule has 0 saturated carbocycles. The maximum absolute atomic E-state index is 11.8. The van der Waals surface area contributed by atoms with E-state index in [9.17, 15) is 9.90 Å². The number of nitrogen functional groups attached to an aromatic ring is 1. The number of amides is 1. The lowest BCUT2D eigenvalue weighted by Gasteiger charge is -2.35. The van der Waals surface area contributed by atoms with E-state index in [1.807, 2.05) is 41.2 Å². The Hall–Kier alpha value is -3.72. The molecule has 1 amide bonds. The van der Waals surface area contributed by atoms with Gasteiger partial charge in [-0.3, -0.25) is 9.48 Å². The molecule has 32 heavy (non-hydrogen) atoms. The highest BCUT2D eigenvalue weighted by atomic mass is 16.3. The first kappa shape index (κ1) is 21.5. The molecule has 0 radical (unpaired) electrons. The summed E-state index contributed by atoms with van der Waals surface area (Å²) in [6, 6.07) is 10.1. The summed E-state index contributed by atoms with van der Waals surface area (Å²) < 4.78 is 1.84. The first-order valence-corrected chi connectivity index (χ1v) is 10.6. The summed E-state index contributed by atoms with van der Waals surface area (Å²) in [6.45, 7) is 5.53. The fourth-order valence-corrected chi connectivity index (χ4v) is 3.94. The number of benzene rings is 1. The molecule has 0 aliphatic carbocycles. The molecule has 1 fully saturated rings. The first-order valence-electron chi connectivity index (χ1n) is 10.6. The minimum absolute atomic E-state index is 0.0197. The predicted molar refractivity (Wildman–Crippen MR) is 123 cm³/mol. The monoisotopic (exact) mass is 433 g/mol. The third kappa shape index (κ3) is 4.78. The van der Waals surface area contributed by atoms with Crippen molar-refractivity contribution >= 4 is 17.5 Å². The number of aliphatic hydroxyl groups excluding tert-OH is 1. The van der Waals surface area contributed by atoms with Crippen molar-refractivity contribution < 1.29 is 9.90 Å². The second-order valence-corrected chi connectivity index (χ2v) is 7.88. The number of aromatic nitrogens is 4. The number of carbonyl (C=O) groups is 1. The van der Waals surface area contributed by atoms with Gasteiger partial charge in [-0.2, -0.15) is 5.10 Å². The van der Waals surface area contributed by atoms with Gasteiger partial charge in [0.2, 0.25) is 5.91 Å². The van der Waals surface area contributed by atoms with Gasteiger partial charge in [0, 0.05) is 37.3 Å². The van der Waals surface area contributed by atoms with Crippen molar-refractivity contribution in [3.8, 4) is 11.1 Å². The highest BCUT2D eigenvalue weighted by Crippen LogP contribution is 2.31. The predicted octanol–water partition coefficient (Wildman–Crippen LogP) is 1.78. The number of hydrogen-bond acceptors (Lipinski definition) is 7. The maximum Gasteiger partial charge on any atom is 0.246 e. The van der Waals surface area contributed by atoms with E-state index in [1.165, 1.54) is 12.4 Å². The van der Waals surface area contributed by atoms with Gasteiger partial charge >= 0.3 is 0 Å². The van der Waals surface area contributed by atoms with Crippen molar-refractivity contribution in [1.29, 1.82) is 0 Å². The molecule has 3 aromatic rings. The Morgan fingerprint density at radius 2 is 2.12 bits per heavy atom. The van der Waals surface area contributed by atoms with E-state index < -0.39 is 6.10 Å². The van der Waals surface area contributed by atoms with Gasteiger partial charge in [0.15, 0.2) is 0 Å². The summed E-state index contributed by atoms with van der Waals surface area (Å²) in [5, 5.41) is 18.3. The second kappa shape index (κ2) is 9.61. The van der Waals surface area contributed by atoms with Crippen molar-refractivity contribution in [2.24, 2.45) is 5.92 Å². The standard InChI is InChI=1S/C23H27N7O2/c1-2-20(32)29-9-8-17(19(31)14-29)10-25-23-21(22(24)26-15-27-23)18-11-28-30(13-18)12-16-6-4-3-5-7-16/h2-7,11,13,15,17,19,31H,1,8-10,12,14H2,(H3,24,25,26,27)/t17-,19+/m0/s1. The van der Waals surface area contributed by atoms with E-state index >= 15 is 0 Å². The lowest BCUT2D eigenvalue weighted by Crippen LogP contribution is -2.47. The zero-order valence-electron chi connectivity index (χ0n) is 17.8. The normalized spacial score (nSPS) is 18.3. The van der Waals surface area contributed by atoms with Crippen molar-refractivity contribution in [3.05, 3.63) is 67.3 Å². The molecule has 2 aromatic heterocycles. The summed E-state index contributed by atoms with van der Waals surface area (Å²) >= 11 is 0. The Kier molecular flexibility index (Phi) is 6.46. The molecule has 9 heteroatoms. The summed E-state index contributed by atoms with van der Waals surface area (Å²) in [7, 11) is 0. The van der Waals surface area contributed by atoms with E-state index in [1.54, 1.807) is 11.1 Å². The van der Waals surface area contributed by atoms with Gasteiger partial charge in [0.05, 0.1) is 24.4 Å². The summed E-state index contributed by atoms with van der Waals surface area (Å²) in [5.41, 5.74) is 8.83. The number of β-amino-alcohol motifs (C(OH)–C–C–N with tert-alkyl or cyclic N) is 1. The maximum atomic E-state index is 11.8. The van der Waals surface area contributed by atoms with E-state index in [-0.39, 0.29) is 11.8 Å². The van der Waals surface area contributed by atoms with E-state index in [4.69, 9.17) is 5.73 Å². The highest BCUT2D eigenvalue weighted by Gasteiger charge is 2.29. The van der Waals surface area contributed by atoms with Gasteiger partial charge < -0.3 is 21.1 Å². The largest absolute Gasteiger partial charge is 0.391 e. The molecule has 0 bridgehead atoms. The topological polar surface area (TPSA) is 122 Å². The summed E-state index contributed by atoms with van der Waals surface area (Å²) in [4.78, 5) is 21.9. The van der Waals surface area contributed by atoms with Crippen LogP contribution in [0, 0.1) is 5.92 Å². The van der Waals surface area contributed by atoms with Crippen LogP contribution in [0.15, 0.2) is 61.7 Å². The number of aliphatic hydroxyl groups is 1. The molecule has 9 nitrogen and oxygen atoms in total. The van der Waals surface area contributed by atoms with Crippen LogP contribution >= 0.6 is 0 Å². The summed E-state index contributed by atoms with van der Waals surface area (Å²) in [6.07, 6.45) is 6.41. The van der Waals surface area contributed by atoms with Gasteiger partial charge in [0.1, 0.15) is 18.0 Å². The minimum atomic E-state index is -0.628. The Morgan fingerprint density at radius 1 is 1.31 bits per heavy atom. The van der Waals surface area contributed by atoms with E-state index in [2.05, 4.69) is 27.0 Å². The van der Waals surface area contributed by atoms with E-state index in [0.29, 0.717) is 49.8 Å². The Morgan fingerprint density at radius 3 is 2.88 bits per heavy atom. The van der Waals surface area contributed by atoms with Crippen LogP contribution in [-0.4, -0.2) is 61.4 Å². The SMILES string of the molecule is C=CC(=O)N1CC[C@@H](CNc2ncnc(N)c2-c2cnn(Cc3ccccc3)c2)[C@H](O)C1. The second-order valence-electron chi connectivity index (χ2n) is 7.88. The van der Waals surface area contributed by atoms with Crippen LogP contribution < -0.4 is 11.1 Å². The number of hydrogen-bond donors (Lipinski definition) is 3. The quantitative estimate of drug-likeness (QED) is 0.486. The van der Waals surface area contributed by atoms with Crippen LogP contribution in [0.5, 0.6) is 0 Å². The van der Waals surface area contributed by atoms with Gasteiger partial charge in [-0.1, -0.05) is 36.9 Å². The fourth-order valence-electron chi connectivity index (χ4n) is 3.94. The number of carbonyl (C=O) groups excluding carboxylic acids is 1. The van der Waals surface area contributed by atoms with Crippen LogP contribution in [0.3, 0.4) is 0 Å². The number of likely N-dealkylation sites (tertiary alicyclic amines) is 1. The number of nitrogens with one attached hydrogen (secondary N) is 1. The van der Waals surface area contributed by atoms with Crippen molar-refractivity contribution in [2.75, 3.05) is 30.7 Å². The minimum Gasteiger partial charge on any atom is -0.391 e. The third-order valence-corrected chi connectivity index (χ3v) is 5.73. The molecule has 4 rings (SSSR count). The van der Waals surface area contributed by atoms with Gasteiger partial charge in [-0.15, -0.1) is 0 Å². The van der Waals surface area contributed by atoms with Gasteiger partial charge in [-0.05, 0) is 18.1 Å². The average molecular weight is 434 g/mol. The van der Waals surface area contributed by atoms with Crippen LogP contribution in [0.2, 0.25) is 0 Å². The molecule has 166 valence electrons. The number of anilines is 2. The third-order valence-electron chi connectivity index (χ3n) is 5.73. The van der Waals surface area contributed by atoms with E-state index in [0.717, 1.165) is 11.1 Å². The number of nitrogens with zero attached hydrogens (tertiary/aromatic N) is 5. The molecular weight excluding hydrogens is 406 g/mol. The van der Waals surface area contributed by atoms with Gasteiger partial charge in [-0.25, -0.2) is 9.97 Å². The molecule has 3 heterocycles. The van der Waals surface area contributed by atoms with Gasteiger partial charge in [0.25, 0.3) is 0 Å². The Bertz CT molecular complexity index is 1080. The Labute approximate surface area is 186 Å². The lowest BCUT2D eigenvalue weighted by atomic mass is 9.93. The molecule has 0 unspecified atom stereocenters. The molecule has 1 saturated heterocycles. The molecule has 1 aliphatic rings. The molecule has 0 spiro atoms. The molecular formula is C23H27N7O2. The fraction of sp³-hybridized carbons (Fsp3) is 0.304. The van der Waals surface area contributed by atoms with Crippen LogP contribution in [0.4, 0.5) is 11.6 Å². The molecule has 1 aliphatic heterocycles. The van der Waals surface area contributed by atoms with Crippen molar-refractivity contribution in [1.82, 2.24) is 24.6 Å². The smallest absolute Gasteiger partial charge is 0.246 e. The molecule has 4 N–H and O–H groups in total. The molecule has 1 aromatic carbocycles.